The van der Waals surface area contributed by atoms with Crippen LogP contribution in [-0.2, 0) is 27.7 Å². The van der Waals surface area contributed by atoms with Crippen molar-refractivity contribution in [1.82, 2.24) is 4.31 Å². The lowest BCUT2D eigenvalue weighted by Crippen LogP contribution is -2.42. The van der Waals surface area contributed by atoms with E-state index in [1.807, 2.05) is 24.3 Å². The van der Waals surface area contributed by atoms with Gasteiger partial charge < -0.3 is 5.11 Å². The standard InChI is InChI=1S/C15H19NO4S/c17-15(18)14-6-3-7-16(14)21(19,20)10-11-8-12-4-1-2-5-13(12)9-11/h1-2,4-5,11,14H,3,6-10H2,(H,17,18)/t14-/m1/s1. The molecule has 3 rings (SSSR count). The lowest BCUT2D eigenvalue weighted by atomic mass is 10.1. The Balaban J connectivity index is 1.72. The predicted molar refractivity (Wildman–Crippen MR) is 78.5 cm³/mol. The third kappa shape index (κ3) is 2.82. The number of benzene rings is 1. The normalized spacial score (nSPS) is 23.3. The first kappa shape index (κ1) is 14.5. The number of sulfonamides is 1. The second-order valence-electron chi connectivity index (χ2n) is 5.93. The van der Waals surface area contributed by atoms with Gasteiger partial charge in [0, 0.05) is 6.54 Å². The van der Waals surface area contributed by atoms with Crippen molar-refractivity contribution in [2.24, 2.45) is 5.92 Å². The Labute approximate surface area is 124 Å². The van der Waals surface area contributed by atoms with Crippen molar-refractivity contribution in [2.45, 2.75) is 31.7 Å². The Bertz CT molecular complexity index is 630. The van der Waals surface area contributed by atoms with Crippen LogP contribution < -0.4 is 0 Å². The summed E-state index contributed by atoms with van der Waals surface area (Å²) in [7, 11) is -3.50. The number of aliphatic carboxylic acids is 1. The average Bonchev–Trinajstić information content (AvgIpc) is 3.04. The molecule has 0 unspecified atom stereocenters. The largest absolute Gasteiger partial charge is 0.480 e. The second-order valence-corrected chi connectivity index (χ2v) is 7.89. The maximum atomic E-state index is 12.5. The highest BCUT2D eigenvalue weighted by molar-refractivity contribution is 7.89. The molecule has 0 aromatic heterocycles. The van der Waals surface area contributed by atoms with Crippen LogP contribution in [-0.4, -0.2) is 42.1 Å². The number of carbonyl (C=O) groups is 1. The van der Waals surface area contributed by atoms with Gasteiger partial charge in [-0.15, -0.1) is 0 Å². The van der Waals surface area contributed by atoms with Gasteiger partial charge in [-0.25, -0.2) is 8.42 Å². The average molecular weight is 309 g/mol. The predicted octanol–water partition coefficient (Wildman–Crippen LogP) is 1.28. The van der Waals surface area contributed by atoms with Crippen LogP contribution in [0.15, 0.2) is 24.3 Å². The minimum atomic E-state index is -3.50. The summed E-state index contributed by atoms with van der Waals surface area (Å²) in [6.45, 7) is 0.332. The molecule has 5 nitrogen and oxygen atoms in total. The van der Waals surface area contributed by atoms with Crippen molar-refractivity contribution in [3.63, 3.8) is 0 Å². The van der Waals surface area contributed by atoms with Gasteiger partial charge in [0.2, 0.25) is 10.0 Å². The maximum Gasteiger partial charge on any atom is 0.322 e. The van der Waals surface area contributed by atoms with E-state index in [4.69, 9.17) is 5.11 Å². The summed E-state index contributed by atoms with van der Waals surface area (Å²) >= 11 is 0. The molecule has 1 N–H and O–H groups in total. The number of carboxylic acids is 1. The number of nitrogens with zero attached hydrogens (tertiary/aromatic N) is 1. The van der Waals surface area contributed by atoms with E-state index in [2.05, 4.69) is 0 Å². The summed E-state index contributed by atoms with van der Waals surface area (Å²) in [6, 6.07) is 7.14. The highest BCUT2D eigenvalue weighted by Crippen LogP contribution is 2.30. The third-order valence-corrected chi connectivity index (χ3v) is 6.47. The van der Waals surface area contributed by atoms with Crippen molar-refractivity contribution in [3.8, 4) is 0 Å². The van der Waals surface area contributed by atoms with E-state index in [1.54, 1.807) is 0 Å². The SMILES string of the molecule is O=C(O)[C@H]1CCCN1S(=O)(=O)CC1Cc2ccccc2C1. The molecule has 0 amide bonds. The van der Waals surface area contributed by atoms with Gasteiger partial charge in [0.1, 0.15) is 6.04 Å². The van der Waals surface area contributed by atoms with Crippen LogP contribution in [0.4, 0.5) is 0 Å². The topological polar surface area (TPSA) is 74.7 Å². The van der Waals surface area contributed by atoms with Gasteiger partial charge in [-0.3, -0.25) is 4.79 Å². The van der Waals surface area contributed by atoms with Crippen molar-refractivity contribution >= 4 is 16.0 Å². The van der Waals surface area contributed by atoms with Gasteiger partial charge in [-0.1, -0.05) is 24.3 Å². The van der Waals surface area contributed by atoms with Gasteiger partial charge >= 0.3 is 5.97 Å². The highest BCUT2D eigenvalue weighted by atomic mass is 32.2. The molecule has 0 bridgehead atoms. The van der Waals surface area contributed by atoms with E-state index in [0.29, 0.717) is 19.4 Å². The monoisotopic (exact) mass is 309 g/mol. The molecule has 1 atom stereocenters. The van der Waals surface area contributed by atoms with Crippen LogP contribution in [0, 0.1) is 5.92 Å². The van der Waals surface area contributed by atoms with Gasteiger partial charge in [-0.2, -0.15) is 4.31 Å². The first-order valence-corrected chi connectivity index (χ1v) is 8.87. The molecule has 1 fully saturated rings. The van der Waals surface area contributed by atoms with Gasteiger partial charge in [0.05, 0.1) is 5.75 Å². The van der Waals surface area contributed by atoms with E-state index in [-0.39, 0.29) is 11.7 Å². The van der Waals surface area contributed by atoms with Crippen molar-refractivity contribution in [2.75, 3.05) is 12.3 Å². The Kier molecular flexibility index (Phi) is 3.75. The minimum Gasteiger partial charge on any atom is -0.480 e. The quantitative estimate of drug-likeness (QED) is 0.909. The van der Waals surface area contributed by atoms with Crippen LogP contribution in [0.25, 0.3) is 0 Å². The van der Waals surface area contributed by atoms with Crippen LogP contribution >= 0.6 is 0 Å². The van der Waals surface area contributed by atoms with Gasteiger partial charge in [0.15, 0.2) is 0 Å². The van der Waals surface area contributed by atoms with Crippen molar-refractivity contribution < 1.29 is 18.3 Å². The molecule has 0 saturated carbocycles. The van der Waals surface area contributed by atoms with Crippen molar-refractivity contribution in [3.05, 3.63) is 35.4 Å². The number of fused-ring (bicyclic) bond motifs is 1. The van der Waals surface area contributed by atoms with Crippen molar-refractivity contribution in [1.29, 1.82) is 0 Å². The van der Waals surface area contributed by atoms with E-state index in [1.165, 1.54) is 15.4 Å². The van der Waals surface area contributed by atoms with Crippen LogP contribution in [0.3, 0.4) is 0 Å². The molecule has 0 radical (unpaired) electrons. The minimum absolute atomic E-state index is 0.0471. The number of hydrogen-bond acceptors (Lipinski definition) is 3. The molecule has 1 aliphatic heterocycles. The zero-order valence-corrected chi connectivity index (χ0v) is 12.6. The van der Waals surface area contributed by atoms with E-state index >= 15 is 0 Å². The lowest BCUT2D eigenvalue weighted by Gasteiger charge is -2.22. The molecular formula is C15H19NO4S. The molecule has 1 saturated heterocycles. The first-order chi connectivity index (χ1) is 9.97. The first-order valence-electron chi connectivity index (χ1n) is 7.26. The molecule has 1 aromatic carbocycles. The van der Waals surface area contributed by atoms with E-state index in [9.17, 15) is 13.2 Å². The van der Waals surface area contributed by atoms with Gasteiger partial charge in [-0.05, 0) is 42.7 Å². The fourth-order valence-electron chi connectivity index (χ4n) is 3.48. The Morgan fingerprint density at radius 2 is 1.86 bits per heavy atom. The Hall–Kier alpha value is -1.40. The highest BCUT2D eigenvalue weighted by Gasteiger charge is 2.40. The molecule has 21 heavy (non-hydrogen) atoms. The van der Waals surface area contributed by atoms with Crippen LogP contribution in [0.2, 0.25) is 0 Å². The van der Waals surface area contributed by atoms with Gasteiger partial charge in [0.25, 0.3) is 0 Å². The molecule has 6 heteroatoms. The fraction of sp³-hybridized carbons (Fsp3) is 0.533. The molecular weight excluding hydrogens is 290 g/mol. The summed E-state index contributed by atoms with van der Waals surface area (Å²) in [6.07, 6.45) is 2.57. The molecule has 1 heterocycles. The smallest absolute Gasteiger partial charge is 0.322 e. The lowest BCUT2D eigenvalue weighted by molar-refractivity contribution is -0.140. The van der Waals surface area contributed by atoms with Crippen LogP contribution in [0.1, 0.15) is 24.0 Å². The summed E-state index contributed by atoms with van der Waals surface area (Å²) in [4.78, 5) is 11.2. The Morgan fingerprint density at radius 3 is 2.43 bits per heavy atom. The summed E-state index contributed by atoms with van der Waals surface area (Å²) in [5.74, 6) is -0.931. The summed E-state index contributed by atoms with van der Waals surface area (Å²) < 4.78 is 26.2. The molecule has 1 aromatic rings. The number of rotatable bonds is 4. The summed E-state index contributed by atoms with van der Waals surface area (Å²) in [5, 5.41) is 9.14. The second kappa shape index (κ2) is 5.42. The molecule has 114 valence electrons. The molecule has 0 spiro atoms. The zero-order valence-electron chi connectivity index (χ0n) is 11.7. The summed E-state index contributed by atoms with van der Waals surface area (Å²) in [5.41, 5.74) is 2.43. The third-order valence-electron chi connectivity index (χ3n) is 4.43. The molecule has 2 aliphatic rings. The fourth-order valence-corrected chi connectivity index (χ4v) is 5.49. The number of hydrogen-bond donors (Lipinski definition) is 1. The number of carboxylic acid groups (broad SMARTS) is 1. The molecule has 1 aliphatic carbocycles. The van der Waals surface area contributed by atoms with E-state index < -0.39 is 22.0 Å². The Morgan fingerprint density at radius 1 is 1.24 bits per heavy atom. The zero-order chi connectivity index (χ0) is 15.0. The van der Waals surface area contributed by atoms with Crippen LogP contribution in [0.5, 0.6) is 0 Å². The van der Waals surface area contributed by atoms with E-state index in [0.717, 1.165) is 12.8 Å². The maximum absolute atomic E-state index is 12.5.